The van der Waals surface area contributed by atoms with E-state index in [-0.39, 0.29) is 0 Å². The molecule has 1 fully saturated rings. The molecule has 0 radical (unpaired) electrons. The second kappa shape index (κ2) is 10.2. The van der Waals surface area contributed by atoms with E-state index < -0.39 is 0 Å². The molecule has 29 heavy (non-hydrogen) atoms. The first-order chi connectivity index (χ1) is 14.1. The van der Waals surface area contributed by atoms with E-state index in [1.807, 2.05) is 6.07 Å². The molecule has 0 bridgehead atoms. The van der Waals surface area contributed by atoms with Crippen LogP contribution in [0.5, 0.6) is 0 Å². The number of nitrogens with one attached hydrogen (secondary N) is 2. The molecule has 0 amide bonds. The molecule has 0 spiro atoms. The van der Waals surface area contributed by atoms with Crippen LogP contribution in [0.1, 0.15) is 39.7 Å². The maximum absolute atomic E-state index is 4.43. The van der Waals surface area contributed by atoms with Gasteiger partial charge in [-0.05, 0) is 51.0 Å². The van der Waals surface area contributed by atoms with Gasteiger partial charge in [0, 0.05) is 45.1 Å². The average molecular weight is 392 g/mol. The number of nitrogens with zero attached hydrogens (tertiary/aromatic N) is 3. The summed E-state index contributed by atoms with van der Waals surface area (Å²) in [5, 5.41) is 7.13. The van der Waals surface area contributed by atoms with Crippen molar-refractivity contribution in [1.29, 1.82) is 0 Å². The molecular weight excluding hydrogens is 358 g/mol. The molecule has 1 aromatic carbocycles. The highest BCUT2D eigenvalue weighted by Gasteiger charge is 2.17. The second-order valence-corrected chi connectivity index (χ2v) is 7.52. The van der Waals surface area contributed by atoms with Gasteiger partial charge in [0.15, 0.2) is 0 Å². The van der Waals surface area contributed by atoms with Gasteiger partial charge in [0.1, 0.15) is 0 Å². The molecule has 1 aromatic heterocycles. The van der Waals surface area contributed by atoms with Gasteiger partial charge < -0.3 is 15.5 Å². The zero-order valence-electron chi connectivity index (χ0n) is 18.1. The average Bonchev–Trinajstić information content (AvgIpc) is 2.78. The Balaban J connectivity index is 1.83. The molecule has 2 N–H and O–H groups in total. The summed E-state index contributed by atoms with van der Waals surface area (Å²) in [6.45, 7) is 13.6. The van der Waals surface area contributed by atoms with Gasteiger partial charge in [-0.2, -0.15) is 0 Å². The summed E-state index contributed by atoms with van der Waals surface area (Å²) in [6.07, 6.45) is 9.08. The lowest BCUT2D eigenvalue weighted by Gasteiger charge is -2.33. The van der Waals surface area contributed by atoms with Crippen molar-refractivity contribution in [2.75, 3.05) is 26.2 Å². The standard InChI is InChI=1S/C24H33N5/c1-5-18(3)19(4)15-24(29-13-11-25-12-14-29)21(6-2)28-17-20-7-8-22-23(16-20)27-10-9-26-22/h6-10,15-16,25,28H,5,11-14,17H2,1-4H3/b19-18+,21-6+,24-15+. The van der Waals surface area contributed by atoms with Gasteiger partial charge in [-0.15, -0.1) is 0 Å². The van der Waals surface area contributed by atoms with Crippen LogP contribution in [0, 0.1) is 0 Å². The first-order valence-corrected chi connectivity index (χ1v) is 10.6. The van der Waals surface area contributed by atoms with E-state index in [0.717, 1.165) is 50.2 Å². The summed E-state index contributed by atoms with van der Waals surface area (Å²) in [4.78, 5) is 11.3. The number of rotatable bonds is 7. The maximum atomic E-state index is 4.43. The van der Waals surface area contributed by atoms with Crippen molar-refractivity contribution in [2.45, 2.75) is 40.7 Å². The Morgan fingerprint density at radius 3 is 2.55 bits per heavy atom. The Labute approximate surface area is 174 Å². The Hall–Kier alpha value is -2.66. The van der Waals surface area contributed by atoms with E-state index >= 15 is 0 Å². The third-order valence-electron chi connectivity index (χ3n) is 5.60. The normalized spacial score (nSPS) is 16.8. The topological polar surface area (TPSA) is 53.1 Å². The first-order valence-electron chi connectivity index (χ1n) is 10.6. The molecule has 0 unspecified atom stereocenters. The zero-order chi connectivity index (χ0) is 20.6. The second-order valence-electron chi connectivity index (χ2n) is 7.52. The van der Waals surface area contributed by atoms with Crippen LogP contribution in [0.25, 0.3) is 11.0 Å². The summed E-state index contributed by atoms with van der Waals surface area (Å²) < 4.78 is 0. The third kappa shape index (κ3) is 5.45. The lowest BCUT2D eigenvalue weighted by molar-refractivity contribution is 0.300. The van der Waals surface area contributed by atoms with Crippen LogP contribution >= 0.6 is 0 Å². The van der Waals surface area contributed by atoms with Gasteiger partial charge in [0.25, 0.3) is 0 Å². The fourth-order valence-corrected chi connectivity index (χ4v) is 3.51. The third-order valence-corrected chi connectivity index (χ3v) is 5.60. The van der Waals surface area contributed by atoms with Crippen LogP contribution in [0.15, 0.2) is 65.3 Å². The van der Waals surface area contributed by atoms with Gasteiger partial charge >= 0.3 is 0 Å². The molecule has 5 nitrogen and oxygen atoms in total. The van der Waals surface area contributed by atoms with Crippen LogP contribution in [0.4, 0.5) is 0 Å². The molecule has 2 heterocycles. The van der Waals surface area contributed by atoms with Crippen molar-refractivity contribution in [1.82, 2.24) is 25.5 Å². The Bertz CT molecular complexity index is 920. The summed E-state index contributed by atoms with van der Waals surface area (Å²) in [5.74, 6) is 0. The van der Waals surface area contributed by atoms with Gasteiger partial charge in [0.2, 0.25) is 0 Å². The van der Waals surface area contributed by atoms with E-state index in [2.05, 4.69) is 77.5 Å². The van der Waals surface area contributed by atoms with Gasteiger partial charge in [-0.1, -0.05) is 30.2 Å². The maximum Gasteiger partial charge on any atom is 0.0890 e. The van der Waals surface area contributed by atoms with Crippen molar-refractivity contribution in [3.63, 3.8) is 0 Å². The SMILES string of the molecule is C\C=C(NCc1ccc2nccnc2c1)/C(=C\C(C)=C(/C)CC)N1CCNCC1. The van der Waals surface area contributed by atoms with E-state index in [4.69, 9.17) is 0 Å². The lowest BCUT2D eigenvalue weighted by Crippen LogP contribution is -2.44. The smallest absolute Gasteiger partial charge is 0.0890 e. The fraction of sp³-hybridized carbons (Fsp3) is 0.417. The van der Waals surface area contributed by atoms with E-state index in [1.54, 1.807) is 12.4 Å². The van der Waals surface area contributed by atoms with Gasteiger partial charge in [-0.3, -0.25) is 9.97 Å². The zero-order valence-corrected chi connectivity index (χ0v) is 18.1. The highest BCUT2D eigenvalue weighted by molar-refractivity contribution is 5.74. The molecule has 3 rings (SSSR count). The monoisotopic (exact) mass is 391 g/mol. The number of allylic oxidation sites excluding steroid dienone is 4. The largest absolute Gasteiger partial charge is 0.380 e. The van der Waals surface area contributed by atoms with Crippen LogP contribution in [0.2, 0.25) is 0 Å². The molecule has 154 valence electrons. The number of piperazine rings is 1. The van der Waals surface area contributed by atoms with Crippen molar-refractivity contribution >= 4 is 11.0 Å². The lowest BCUT2D eigenvalue weighted by atomic mass is 10.1. The minimum atomic E-state index is 0.755. The van der Waals surface area contributed by atoms with Crippen molar-refractivity contribution < 1.29 is 0 Å². The van der Waals surface area contributed by atoms with Crippen LogP contribution < -0.4 is 10.6 Å². The number of fused-ring (bicyclic) bond motifs is 1. The van der Waals surface area contributed by atoms with Crippen molar-refractivity contribution in [3.05, 3.63) is 70.8 Å². The minimum absolute atomic E-state index is 0.755. The molecule has 0 saturated carbocycles. The Morgan fingerprint density at radius 1 is 1.14 bits per heavy atom. The highest BCUT2D eigenvalue weighted by atomic mass is 15.2. The molecular formula is C24H33N5. The first kappa shape index (κ1) is 21.1. The van der Waals surface area contributed by atoms with Crippen LogP contribution in [-0.2, 0) is 6.54 Å². The molecule has 2 aromatic rings. The summed E-state index contributed by atoms with van der Waals surface area (Å²) >= 11 is 0. The number of hydrogen-bond donors (Lipinski definition) is 2. The summed E-state index contributed by atoms with van der Waals surface area (Å²) in [5.41, 5.74) is 8.30. The number of benzene rings is 1. The van der Waals surface area contributed by atoms with E-state index in [1.165, 1.54) is 28.1 Å². The van der Waals surface area contributed by atoms with Crippen molar-refractivity contribution in [3.8, 4) is 0 Å². The summed E-state index contributed by atoms with van der Waals surface area (Å²) in [7, 11) is 0. The number of aromatic nitrogens is 2. The molecule has 0 atom stereocenters. The van der Waals surface area contributed by atoms with Gasteiger partial charge in [0.05, 0.1) is 22.4 Å². The molecule has 1 aliphatic heterocycles. The predicted molar refractivity (Wildman–Crippen MR) is 121 cm³/mol. The quantitative estimate of drug-likeness (QED) is 0.694. The van der Waals surface area contributed by atoms with Crippen LogP contribution in [-0.4, -0.2) is 41.0 Å². The molecule has 5 heteroatoms. The fourth-order valence-electron chi connectivity index (χ4n) is 3.51. The number of hydrogen-bond acceptors (Lipinski definition) is 5. The Morgan fingerprint density at radius 2 is 1.86 bits per heavy atom. The minimum Gasteiger partial charge on any atom is -0.380 e. The van der Waals surface area contributed by atoms with Gasteiger partial charge in [-0.25, -0.2) is 0 Å². The summed E-state index contributed by atoms with van der Waals surface area (Å²) in [6, 6.07) is 6.28. The highest BCUT2D eigenvalue weighted by Crippen LogP contribution is 2.20. The molecule has 0 aliphatic carbocycles. The molecule has 1 aliphatic rings. The predicted octanol–water partition coefficient (Wildman–Crippen LogP) is 4.16. The van der Waals surface area contributed by atoms with E-state index in [9.17, 15) is 0 Å². The van der Waals surface area contributed by atoms with Crippen molar-refractivity contribution in [2.24, 2.45) is 0 Å². The Kier molecular flexibility index (Phi) is 7.42. The van der Waals surface area contributed by atoms with E-state index in [0.29, 0.717) is 0 Å². The molecule has 1 saturated heterocycles. The van der Waals surface area contributed by atoms with Crippen LogP contribution in [0.3, 0.4) is 0 Å².